The van der Waals surface area contributed by atoms with Gasteiger partial charge >= 0.3 is 0 Å². The normalized spacial score (nSPS) is 13.6. The van der Waals surface area contributed by atoms with Crippen molar-refractivity contribution in [3.8, 4) is 0 Å². The van der Waals surface area contributed by atoms with Crippen LogP contribution in [-0.4, -0.2) is 8.42 Å². The van der Waals surface area contributed by atoms with Gasteiger partial charge < -0.3 is 0 Å². The number of hydrogen-bond donors (Lipinski definition) is 0. The van der Waals surface area contributed by atoms with Crippen molar-refractivity contribution >= 4 is 37.5 Å². The third-order valence-corrected chi connectivity index (χ3v) is 8.29. The first kappa shape index (κ1) is 24.0. The van der Waals surface area contributed by atoms with Crippen molar-refractivity contribution in [3.05, 3.63) is 81.0 Å². The number of hydrogen-bond acceptors (Lipinski definition) is 2. The standard InChI is InChI=1S/C24H29BrO2S2/c1-18-8-12-21(13-9-18)28(26)23(7-6-16-24(4,5)17-20(3)25)29(27)22-14-10-19(2)11-15-22/h7-15H,3,6,16-17H2,1-2,4-5H3/t28-,29-/m0/s1. The van der Waals surface area contributed by atoms with E-state index in [9.17, 15) is 8.42 Å². The van der Waals surface area contributed by atoms with E-state index in [-0.39, 0.29) is 5.41 Å². The average molecular weight is 494 g/mol. The van der Waals surface area contributed by atoms with E-state index in [1.54, 1.807) is 0 Å². The molecule has 0 aliphatic carbocycles. The molecule has 0 radical (unpaired) electrons. The summed E-state index contributed by atoms with van der Waals surface area (Å²) in [6.07, 6.45) is 4.36. The van der Waals surface area contributed by atoms with Crippen LogP contribution in [0.25, 0.3) is 0 Å². The van der Waals surface area contributed by atoms with Crippen LogP contribution in [0.1, 0.15) is 44.2 Å². The molecule has 2 aromatic rings. The molecule has 5 heteroatoms. The minimum absolute atomic E-state index is 0.0545. The second-order valence-corrected chi connectivity index (χ2v) is 12.4. The van der Waals surface area contributed by atoms with Crippen molar-refractivity contribution in [1.82, 2.24) is 0 Å². The van der Waals surface area contributed by atoms with Crippen molar-refractivity contribution in [3.63, 3.8) is 0 Å². The zero-order valence-electron chi connectivity index (χ0n) is 17.5. The number of halogens is 1. The average Bonchev–Trinajstić information content (AvgIpc) is 2.64. The van der Waals surface area contributed by atoms with Gasteiger partial charge in [-0.1, -0.05) is 77.8 Å². The molecule has 0 N–H and O–H groups in total. The summed E-state index contributed by atoms with van der Waals surface area (Å²) in [5, 5.41) is 0. The molecule has 2 rings (SSSR count). The Kier molecular flexibility index (Phi) is 8.80. The molecule has 2 atom stereocenters. The Balaban J connectivity index is 2.32. The van der Waals surface area contributed by atoms with Crippen molar-refractivity contribution in [2.75, 3.05) is 0 Å². The Morgan fingerprint density at radius 2 is 1.34 bits per heavy atom. The summed E-state index contributed by atoms with van der Waals surface area (Å²) < 4.78 is 28.0. The SMILES string of the molecule is C=C(Br)CC(C)(C)CCC=C([S@@](=O)c1ccc(C)cc1)[S@@](=O)c1ccc(C)cc1. The van der Waals surface area contributed by atoms with Gasteiger partial charge in [-0.2, -0.15) is 0 Å². The van der Waals surface area contributed by atoms with E-state index in [4.69, 9.17) is 0 Å². The van der Waals surface area contributed by atoms with E-state index in [2.05, 4.69) is 36.4 Å². The first-order valence-corrected chi connectivity index (χ1v) is 12.7. The van der Waals surface area contributed by atoms with Crippen molar-refractivity contribution in [1.29, 1.82) is 0 Å². The van der Waals surface area contributed by atoms with Gasteiger partial charge in [0.1, 0.15) is 4.24 Å². The second kappa shape index (κ2) is 10.6. The van der Waals surface area contributed by atoms with Gasteiger partial charge in [-0.15, -0.1) is 0 Å². The molecule has 156 valence electrons. The van der Waals surface area contributed by atoms with Gasteiger partial charge in [0.05, 0.1) is 21.6 Å². The largest absolute Gasteiger partial charge is 0.248 e. The Morgan fingerprint density at radius 1 is 0.931 bits per heavy atom. The van der Waals surface area contributed by atoms with Gasteiger partial charge in [0.25, 0.3) is 0 Å². The number of rotatable bonds is 9. The molecule has 0 spiro atoms. The summed E-state index contributed by atoms with van der Waals surface area (Å²) in [6, 6.07) is 15.1. The predicted octanol–water partition coefficient (Wildman–Crippen LogP) is 7.17. The van der Waals surface area contributed by atoms with Crippen molar-refractivity contribution in [2.45, 2.75) is 56.7 Å². The Hall–Kier alpha value is -1.30. The zero-order chi connectivity index (χ0) is 21.6. The molecule has 2 nitrogen and oxygen atoms in total. The Bertz CT molecular complexity index is 867. The summed E-state index contributed by atoms with van der Waals surface area (Å²) in [5.74, 6) is 0. The summed E-state index contributed by atoms with van der Waals surface area (Å²) in [6.45, 7) is 12.3. The monoisotopic (exact) mass is 492 g/mol. The number of aryl methyl sites for hydroxylation is 2. The minimum Gasteiger partial charge on any atom is -0.248 e. The molecule has 0 amide bonds. The fourth-order valence-electron chi connectivity index (χ4n) is 2.96. The highest BCUT2D eigenvalue weighted by Gasteiger charge is 2.21. The molecular formula is C24H29BrO2S2. The molecule has 29 heavy (non-hydrogen) atoms. The molecule has 0 bridgehead atoms. The lowest BCUT2D eigenvalue weighted by Gasteiger charge is -2.23. The van der Waals surface area contributed by atoms with E-state index in [0.717, 1.165) is 28.5 Å². The van der Waals surface area contributed by atoms with Gasteiger partial charge in [0.2, 0.25) is 0 Å². The van der Waals surface area contributed by atoms with Crippen LogP contribution in [0.5, 0.6) is 0 Å². The van der Waals surface area contributed by atoms with Gasteiger partial charge in [0, 0.05) is 9.79 Å². The third kappa shape index (κ3) is 7.47. The maximum atomic E-state index is 13.3. The van der Waals surface area contributed by atoms with E-state index >= 15 is 0 Å². The fourth-order valence-corrected chi connectivity index (χ4v) is 6.62. The van der Waals surface area contributed by atoms with Gasteiger partial charge in [-0.05, 0) is 67.3 Å². The van der Waals surface area contributed by atoms with E-state index in [0.29, 0.717) is 20.4 Å². The zero-order valence-corrected chi connectivity index (χ0v) is 20.8. The molecule has 0 saturated carbocycles. The van der Waals surface area contributed by atoms with Gasteiger partial charge in [0.15, 0.2) is 0 Å². The first-order valence-electron chi connectivity index (χ1n) is 9.59. The van der Waals surface area contributed by atoms with Crippen LogP contribution < -0.4 is 0 Å². The van der Waals surface area contributed by atoms with Crippen LogP contribution >= 0.6 is 15.9 Å². The molecule has 0 fully saturated rings. The first-order chi connectivity index (χ1) is 13.6. The molecular weight excluding hydrogens is 464 g/mol. The summed E-state index contributed by atoms with van der Waals surface area (Å²) in [5.41, 5.74) is 2.26. The van der Waals surface area contributed by atoms with Crippen LogP contribution in [0.2, 0.25) is 0 Å². The molecule has 0 aromatic heterocycles. The van der Waals surface area contributed by atoms with Gasteiger partial charge in [-0.25, -0.2) is 8.42 Å². The van der Waals surface area contributed by atoms with Crippen LogP contribution in [-0.2, 0) is 21.6 Å². The summed E-state index contributed by atoms with van der Waals surface area (Å²) in [7, 11) is -2.94. The molecule has 0 heterocycles. The maximum absolute atomic E-state index is 13.3. The molecule has 0 aliphatic heterocycles. The maximum Gasteiger partial charge on any atom is 0.109 e. The van der Waals surface area contributed by atoms with Crippen molar-refractivity contribution in [2.24, 2.45) is 5.41 Å². The lowest BCUT2D eigenvalue weighted by molar-refractivity contribution is 0.341. The highest BCUT2D eigenvalue weighted by Crippen LogP contribution is 2.33. The summed E-state index contributed by atoms with van der Waals surface area (Å²) in [4.78, 5) is 1.35. The third-order valence-electron chi connectivity index (χ3n) is 4.64. The van der Waals surface area contributed by atoms with Crippen LogP contribution in [0.3, 0.4) is 0 Å². The molecule has 0 saturated heterocycles. The Labute approximate surface area is 188 Å². The highest BCUT2D eigenvalue weighted by molar-refractivity contribution is 9.11. The quantitative estimate of drug-likeness (QED) is 0.371. The van der Waals surface area contributed by atoms with Crippen LogP contribution in [0.15, 0.2) is 79.7 Å². The van der Waals surface area contributed by atoms with Crippen molar-refractivity contribution < 1.29 is 8.42 Å². The topological polar surface area (TPSA) is 34.1 Å². The Morgan fingerprint density at radius 3 is 1.72 bits per heavy atom. The predicted molar refractivity (Wildman–Crippen MR) is 129 cm³/mol. The summed E-state index contributed by atoms with van der Waals surface area (Å²) >= 11 is 3.44. The molecule has 0 aliphatic rings. The number of allylic oxidation sites excluding steroid dienone is 2. The molecule has 2 aromatic carbocycles. The van der Waals surface area contributed by atoms with Crippen LogP contribution in [0.4, 0.5) is 0 Å². The smallest absolute Gasteiger partial charge is 0.109 e. The van der Waals surface area contributed by atoms with E-state index in [1.165, 1.54) is 0 Å². The van der Waals surface area contributed by atoms with E-state index in [1.807, 2.05) is 68.5 Å². The van der Waals surface area contributed by atoms with Gasteiger partial charge in [-0.3, -0.25) is 0 Å². The lowest BCUT2D eigenvalue weighted by Crippen LogP contribution is -2.11. The highest BCUT2D eigenvalue weighted by atomic mass is 79.9. The molecule has 0 unspecified atom stereocenters. The number of benzene rings is 2. The minimum atomic E-state index is -1.47. The van der Waals surface area contributed by atoms with Crippen LogP contribution in [0, 0.1) is 19.3 Å². The fraction of sp³-hybridized carbons (Fsp3) is 0.333. The lowest BCUT2D eigenvalue weighted by atomic mass is 9.84. The van der Waals surface area contributed by atoms with E-state index < -0.39 is 21.6 Å². The second-order valence-electron chi connectivity index (χ2n) is 8.08.